The predicted molar refractivity (Wildman–Crippen MR) is 98.0 cm³/mol. The molecule has 0 radical (unpaired) electrons. The van der Waals surface area contributed by atoms with Crippen molar-refractivity contribution in [1.29, 1.82) is 0 Å². The smallest absolute Gasteiger partial charge is 0.241 e. The molecule has 0 atom stereocenters. The maximum Gasteiger partial charge on any atom is 0.241 e. The number of piperidine rings is 1. The summed E-state index contributed by atoms with van der Waals surface area (Å²) >= 11 is 0. The van der Waals surface area contributed by atoms with Crippen LogP contribution < -0.4 is 10.0 Å². The Bertz CT molecular complexity index is 743. The van der Waals surface area contributed by atoms with E-state index < -0.39 is 10.0 Å². The number of hydrogen-bond acceptors (Lipinski definition) is 5. The number of fused-ring (bicyclic) bond motifs is 1. The molecule has 2 heterocycles. The first-order valence-electron chi connectivity index (χ1n) is 9.17. The average Bonchev–Trinajstić information content (AvgIpc) is 3.13. The highest BCUT2D eigenvalue weighted by Gasteiger charge is 2.24. The molecule has 1 saturated heterocycles. The van der Waals surface area contributed by atoms with Gasteiger partial charge >= 0.3 is 0 Å². The molecule has 0 aromatic heterocycles. The maximum absolute atomic E-state index is 12.5. The molecule has 7 nitrogen and oxygen atoms in total. The Morgan fingerprint density at radius 1 is 1.23 bits per heavy atom. The minimum absolute atomic E-state index is 0.167. The number of hydrogen-bond donors (Lipinski definition) is 2. The molecule has 2 aliphatic rings. The Morgan fingerprint density at radius 2 is 1.96 bits per heavy atom. The van der Waals surface area contributed by atoms with Crippen molar-refractivity contribution in [3.63, 3.8) is 0 Å². The van der Waals surface area contributed by atoms with E-state index in [4.69, 9.17) is 4.74 Å². The number of carbonyl (C=O) groups is 1. The molecular weight excluding hydrogens is 354 g/mol. The van der Waals surface area contributed by atoms with Gasteiger partial charge in [0.1, 0.15) is 0 Å². The van der Waals surface area contributed by atoms with Gasteiger partial charge in [-0.15, -0.1) is 0 Å². The number of carbonyl (C=O) groups excluding carboxylic acids is 1. The highest BCUT2D eigenvalue weighted by atomic mass is 32.2. The third-order valence-corrected chi connectivity index (χ3v) is 6.47. The van der Waals surface area contributed by atoms with Crippen LogP contribution in [0.4, 0.5) is 0 Å². The number of rotatable bonds is 7. The van der Waals surface area contributed by atoms with Crippen LogP contribution in [0, 0.1) is 5.92 Å². The van der Waals surface area contributed by atoms with Gasteiger partial charge in [0.15, 0.2) is 0 Å². The largest absolute Gasteiger partial charge is 0.372 e. The average molecular weight is 381 g/mol. The molecule has 0 bridgehead atoms. The van der Waals surface area contributed by atoms with E-state index in [1.54, 1.807) is 23.1 Å². The fourth-order valence-electron chi connectivity index (χ4n) is 3.40. The van der Waals surface area contributed by atoms with E-state index in [0.29, 0.717) is 32.2 Å². The number of likely N-dealkylation sites (tertiary alicyclic amines) is 1. The van der Waals surface area contributed by atoms with E-state index in [1.165, 1.54) is 0 Å². The van der Waals surface area contributed by atoms with Gasteiger partial charge in [-0.05, 0) is 55.1 Å². The van der Waals surface area contributed by atoms with Crippen LogP contribution in [-0.4, -0.2) is 51.9 Å². The van der Waals surface area contributed by atoms with Crippen LogP contribution in [0.5, 0.6) is 0 Å². The second kappa shape index (κ2) is 8.47. The van der Waals surface area contributed by atoms with E-state index in [0.717, 1.165) is 37.1 Å². The van der Waals surface area contributed by atoms with Gasteiger partial charge in [-0.25, -0.2) is 13.1 Å². The normalized spacial score (nSPS) is 18.1. The lowest BCUT2D eigenvalue weighted by atomic mass is 9.97. The van der Waals surface area contributed by atoms with E-state index in [9.17, 15) is 13.2 Å². The first kappa shape index (κ1) is 19.3. The monoisotopic (exact) mass is 381 g/mol. The van der Waals surface area contributed by atoms with Crippen molar-refractivity contribution in [2.75, 3.05) is 32.7 Å². The molecule has 0 unspecified atom stereocenters. The van der Waals surface area contributed by atoms with Gasteiger partial charge in [0.25, 0.3) is 0 Å². The standard InChI is InChI=1S/C18H27N3O4S/c1-2-19-10-14-5-7-21(8-6-14)18(22)11-20-26(23,24)17-4-3-15-12-25-13-16(15)9-17/h3-4,9,14,19-20H,2,5-8,10-13H2,1H3. The molecule has 144 valence electrons. The molecule has 0 aliphatic carbocycles. The predicted octanol–water partition coefficient (Wildman–Crippen LogP) is 0.843. The van der Waals surface area contributed by atoms with Crippen LogP contribution in [0.2, 0.25) is 0 Å². The Kier molecular flexibility index (Phi) is 6.29. The quantitative estimate of drug-likeness (QED) is 0.731. The minimum atomic E-state index is -3.70. The van der Waals surface area contributed by atoms with Gasteiger partial charge in [-0.3, -0.25) is 4.79 Å². The van der Waals surface area contributed by atoms with E-state index in [-0.39, 0.29) is 17.3 Å². The number of sulfonamides is 1. The molecule has 0 saturated carbocycles. The SMILES string of the molecule is CCNCC1CCN(C(=O)CNS(=O)(=O)c2ccc3c(c2)COC3)CC1. The molecule has 1 aromatic rings. The van der Waals surface area contributed by atoms with Gasteiger partial charge in [-0.1, -0.05) is 13.0 Å². The van der Waals surface area contributed by atoms with Crippen molar-refractivity contribution >= 4 is 15.9 Å². The van der Waals surface area contributed by atoms with Gasteiger partial charge in [0, 0.05) is 13.1 Å². The molecule has 2 N–H and O–H groups in total. The summed E-state index contributed by atoms with van der Waals surface area (Å²) in [6.45, 7) is 6.14. The van der Waals surface area contributed by atoms with E-state index in [1.807, 2.05) is 0 Å². The van der Waals surface area contributed by atoms with Crippen LogP contribution in [0.3, 0.4) is 0 Å². The fraction of sp³-hybridized carbons (Fsp3) is 0.611. The molecule has 1 fully saturated rings. The first-order chi connectivity index (χ1) is 12.5. The summed E-state index contributed by atoms with van der Waals surface area (Å²) in [6, 6.07) is 4.96. The van der Waals surface area contributed by atoms with E-state index >= 15 is 0 Å². The molecule has 1 amide bonds. The maximum atomic E-state index is 12.5. The van der Waals surface area contributed by atoms with Gasteiger partial charge in [-0.2, -0.15) is 0 Å². The van der Waals surface area contributed by atoms with Gasteiger partial charge in [0.05, 0.1) is 24.7 Å². The van der Waals surface area contributed by atoms with E-state index in [2.05, 4.69) is 17.0 Å². The van der Waals surface area contributed by atoms with Crippen LogP contribution in [-0.2, 0) is 32.8 Å². The van der Waals surface area contributed by atoms with Crippen molar-refractivity contribution in [2.45, 2.75) is 37.9 Å². The molecule has 1 aromatic carbocycles. The molecule has 2 aliphatic heterocycles. The zero-order valence-electron chi connectivity index (χ0n) is 15.2. The number of amides is 1. The molecule has 0 spiro atoms. The second-order valence-electron chi connectivity index (χ2n) is 6.88. The van der Waals surface area contributed by atoms with Crippen molar-refractivity contribution in [2.24, 2.45) is 5.92 Å². The van der Waals surface area contributed by atoms with Crippen molar-refractivity contribution in [3.8, 4) is 0 Å². The first-order valence-corrected chi connectivity index (χ1v) is 10.7. The Balaban J connectivity index is 1.51. The van der Waals surface area contributed by atoms with Crippen molar-refractivity contribution < 1.29 is 17.9 Å². The van der Waals surface area contributed by atoms with Crippen molar-refractivity contribution in [3.05, 3.63) is 29.3 Å². The summed E-state index contributed by atoms with van der Waals surface area (Å²) in [5.41, 5.74) is 1.91. The summed E-state index contributed by atoms with van der Waals surface area (Å²) in [5.74, 6) is 0.421. The molecule has 26 heavy (non-hydrogen) atoms. The number of nitrogens with zero attached hydrogens (tertiary/aromatic N) is 1. The molecule has 3 rings (SSSR count). The zero-order chi connectivity index (χ0) is 18.6. The topological polar surface area (TPSA) is 87.7 Å². The number of nitrogens with one attached hydrogen (secondary N) is 2. The lowest BCUT2D eigenvalue weighted by Gasteiger charge is -2.32. The van der Waals surface area contributed by atoms with Gasteiger partial charge in [0.2, 0.25) is 15.9 Å². The lowest BCUT2D eigenvalue weighted by Crippen LogP contribution is -2.45. The summed E-state index contributed by atoms with van der Waals surface area (Å²) in [4.78, 5) is 14.3. The zero-order valence-corrected chi connectivity index (χ0v) is 16.0. The second-order valence-corrected chi connectivity index (χ2v) is 8.65. The molecular formula is C18H27N3O4S. The Labute approximate surface area is 155 Å². The summed E-state index contributed by atoms with van der Waals surface area (Å²) in [6.07, 6.45) is 1.91. The van der Waals surface area contributed by atoms with Crippen molar-refractivity contribution in [1.82, 2.24) is 14.9 Å². The summed E-state index contributed by atoms with van der Waals surface area (Å²) in [7, 11) is -3.70. The highest BCUT2D eigenvalue weighted by molar-refractivity contribution is 7.89. The summed E-state index contributed by atoms with van der Waals surface area (Å²) in [5, 5.41) is 3.34. The van der Waals surface area contributed by atoms with Crippen LogP contribution in [0.1, 0.15) is 30.9 Å². The summed E-state index contributed by atoms with van der Waals surface area (Å²) < 4.78 is 32.7. The lowest BCUT2D eigenvalue weighted by molar-refractivity contribution is -0.131. The van der Waals surface area contributed by atoms with Crippen LogP contribution >= 0.6 is 0 Å². The fourth-order valence-corrected chi connectivity index (χ4v) is 4.43. The number of benzene rings is 1. The number of ether oxygens (including phenoxy) is 1. The third-order valence-electron chi connectivity index (χ3n) is 5.07. The molecule has 8 heteroatoms. The minimum Gasteiger partial charge on any atom is -0.372 e. The Hall–Kier alpha value is -1.48. The Morgan fingerprint density at radius 3 is 2.69 bits per heavy atom. The van der Waals surface area contributed by atoms with Gasteiger partial charge < -0.3 is 15.0 Å². The van der Waals surface area contributed by atoms with Crippen LogP contribution in [0.25, 0.3) is 0 Å². The highest BCUT2D eigenvalue weighted by Crippen LogP contribution is 2.23. The van der Waals surface area contributed by atoms with Crippen LogP contribution in [0.15, 0.2) is 23.1 Å². The third kappa shape index (κ3) is 4.62.